The zero-order valence-corrected chi connectivity index (χ0v) is 5.33. The predicted molar refractivity (Wildman–Crippen MR) is 35.1 cm³/mol. The first-order chi connectivity index (χ1) is 4.79. The molecule has 4 nitrogen and oxygen atoms in total. The normalized spacial score (nSPS) is 9.20. The second-order valence-corrected chi connectivity index (χ2v) is 1.80. The third-order valence-corrected chi connectivity index (χ3v) is 1.02. The van der Waals surface area contributed by atoms with E-state index in [1.165, 1.54) is 6.26 Å². The van der Waals surface area contributed by atoms with E-state index in [9.17, 15) is 4.79 Å². The number of furan rings is 1. The SMILES string of the molecule is NC(=O)NCc1ccco1. The van der Waals surface area contributed by atoms with Crippen molar-refractivity contribution >= 4 is 6.03 Å². The summed E-state index contributed by atoms with van der Waals surface area (Å²) in [6.45, 7) is 0.350. The summed E-state index contributed by atoms with van der Waals surface area (Å²) in [7, 11) is 0. The maximum atomic E-state index is 10.2. The molecule has 0 radical (unpaired) electrons. The van der Waals surface area contributed by atoms with E-state index in [4.69, 9.17) is 10.2 Å². The van der Waals surface area contributed by atoms with Crippen molar-refractivity contribution in [2.75, 3.05) is 0 Å². The summed E-state index contributed by atoms with van der Waals surface area (Å²) in [4.78, 5) is 10.2. The summed E-state index contributed by atoms with van der Waals surface area (Å²) in [6, 6.07) is 2.96. The van der Waals surface area contributed by atoms with Gasteiger partial charge < -0.3 is 15.5 Å². The number of hydrogen-bond donors (Lipinski definition) is 2. The van der Waals surface area contributed by atoms with Crippen molar-refractivity contribution in [3.63, 3.8) is 0 Å². The lowest BCUT2D eigenvalue weighted by atomic mass is 10.4. The van der Waals surface area contributed by atoms with E-state index in [0.29, 0.717) is 12.3 Å². The Labute approximate surface area is 58.0 Å². The van der Waals surface area contributed by atoms with E-state index in [-0.39, 0.29) is 0 Å². The Kier molecular flexibility index (Phi) is 1.94. The second kappa shape index (κ2) is 2.91. The number of urea groups is 1. The van der Waals surface area contributed by atoms with Gasteiger partial charge in [-0.15, -0.1) is 0 Å². The summed E-state index contributed by atoms with van der Waals surface area (Å²) < 4.78 is 4.91. The van der Waals surface area contributed by atoms with Crippen molar-refractivity contribution in [1.82, 2.24) is 5.32 Å². The van der Waals surface area contributed by atoms with Crippen LogP contribution >= 0.6 is 0 Å². The fourth-order valence-corrected chi connectivity index (χ4v) is 0.587. The standard InChI is InChI=1S/C6H8N2O2/c7-6(9)8-4-5-2-1-3-10-5/h1-3H,4H2,(H3,7,8,9). The number of primary amides is 1. The van der Waals surface area contributed by atoms with Gasteiger partial charge in [0.2, 0.25) is 0 Å². The monoisotopic (exact) mass is 140 g/mol. The minimum Gasteiger partial charge on any atom is -0.467 e. The first kappa shape index (κ1) is 6.67. The highest BCUT2D eigenvalue weighted by atomic mass is 16.3. The number of nitrogens with two attached hydrogens (primary N) is 1. The molecule has 10 heavy (non-hydrogen) atoms. The summed E-state index contributed by atoms with van der Waals surface area (Å²) in [5.41, 5.74) is 4.82. The molecule has 0 spiro atoms. The van der Waals surface area contributed by atoms with Crippen LogP contribution in [0.3, 0.4) is 0 Å². The van der Waals surface area contributed by atoms with Crippen LogP contribution in [0, 0.1) is 0 Å². The number of carbonyl (C=O) groups is 1. The van der Waals surface area contributed by atoms with Crippen LogP contribution in [0.4, 0.5) is 4.79 Å². The molecule has 1 rings (SSSR count). The molecular weight excluding hydrogens is 132 g/mol. The van der Waals surface area contributed by atoms with Crippen molar-refractivity contribution in [1.29, 1.82) is 0 Å². The van der Waals surface area contributed by atoms with Gasteiger partial charge in [0.1, 0.15) is 5.76 Å². The molecule has 0 bridgehead atoms. The van der Waals surface area contributed by atoms with Gasteiger partial charge in [0, 0.05) is 0 Å². The molecule has 0 fully saturated rings. The molecule has 1 aromatic rings. The highest BCUT2D eigenvalue weighted by molar-refractivity contribution is 5.71. The van der Waals surface area contributed by atoms with Gasteiger partial charge in [-0.25, -0.2) is 4.79 Å². The van der Waals surface area contributed by atoms with Crippen molar-refractivity contribution in [2.45, 2.75) is 6.54 Å². The van der Waals surface area contributed by atoms with Crippen LogP contribution in [0.2, 0.25) is 0 Å². The molecule has 0 unspecified atom stereocenters. The zero-order chi connectivity index (χ0) is 7.40. The first-order valence-electron chi connectivity index (χ1n) is 2.85. The van der Waals surface area contributed by atoms with Crippen molar-refractivity contribution in [3.8, 4) is 0 Å². The summed E-state index contributed by atoms with van der Waals surface area (Å²) in [6.07, 6.45) is 1.54. The fraction of sp³-hybridized carbons (Fsp3) is 0.167. The van der Waals surface area contributed by atoms with E-state index in [2.05, 4.69) is 5.32 Å². The highest BCUT2D eigenvalue weighted by Gasteiger charge is 1.94. The average molecular weight is 140 g/mol. The Hall–Kier alpha value is -1.45. The molecule has 0 aliphatic carbocycles. The molecule has 0 saturated heterocycles. The van der Waals surface area contributed by atoms with Crippen LogP contribution in [-0.2, 0) is 6.54 Å². The molecular formula is C6H8N2O2. The highest BCUT2D eigenvalue weighted by Crippen LogP contribution is 1.97. The molecule has 2 amide bonds. The van der Waals surface area contributed by atoms with Crippen LogP contribution in [0.5, 0.6) is 0 Å². The quantitative estimate of drug-likeness (QED) is 0.626. The third kappa shape index (κ3) is 1.81. The van der Waals surface area contributed by atoms with Gasteiger partial charge in [-0.2, -0.15) is 0 Å². The average Bonchev–Trinajstić information content (AvgIpc) is 2.34. The molecule has 4 heteroatoms. The van der Waals surface area contributed by atoms with E-state index >= 15 is 0 Å². The van der Waals surface area contributed by atoms with Crippen LogP contribution in [0.25, 0.3) is 0 Å². The van der Waals surface area contributed by atoms with Gasteiger partial charge >= 0.3 is 6.03 Å². The Morgan fingerprint density at radius 3 is 3.10 bits per heavy atom. The number of hydrogen-bond acceptors (Lipinski definition) is 2. The minimum absolute atomic E-state index is 0.350. The van der Waals surface area contributed by atoms with Gasteiger partial charge in [-0.1, -0.05) is 0 Å². The molecule has 0 aliphatic heterocycles. The largest absolute Gasteiger partial charge is 0.467 e. The van der Waals surface area contributed by atoms with E-state index in [0.717, 1.165) is 0 Å². The Morgan fingerprint density at radius 2 is 2.60 bits per heavy atom. The lowest BCUT2D eigenvalue weighted by Gasteiger charge is -1.95. The van der Waals surface area contributed by atoms with E-state index in [1.807, 2.05) is 0 Å². The number of amides is 2. The summed E-state index contributed by atoms with van der Waals surface area (Å²) >= 11 is 0. The third-order valence-electron chi connectivity index (χ3n) is 1.02. The van der Waals surface area contributed by atoms with E-state index < -0.39 is 6.03 Å². The van der Waals surface area contributed by atoms with Crippen LogP contribution in [0.15, 0.2) is 22.8 Å². The lowest BCUT2D eigenvalue weighted by molar-refractivity contribution is 0.247. The molecule has 3 N–H and O–H groups in total. The van der Waals surface area contributed by atoms with Gasteiger partial charge in [-0.3, -0.25) is 0 Å². The first-order valence-corrected chi connectivity index (χ1v) is 2.85. The number of rotatable bonds is 2. The van der Waals surface area contributed by atoms with Gasteiger partial charge in [0.25, 0.3) is 0 Å². The van der Waals surface area contributed by atoms with Gasteiger partial charge in [-0.05, 0) is 12.1 Å². The smallest absolute Gasteiger partial charge is 0.312 e. The minimum atomic E-state index is -0.545. The molecule has 1 heterocycles. The van der Waals surface area contributed by atoms with Crippen LogP contribution in [0.1, 0.15) is 5.76 Å². The molecule has 54 valence electrons. The van der Waals surface area contributed by atoms with Crippen molar-refractivity contribution < 1.29 is 9.21 Å². The molecule has 0 saturated carbocycles. The van der Waals surface area contributed by atoms with Gasteiger partial charge in [0.05, 0.1) is 12.8 Å². The number of nitrogens with one attached hydrogen (secondary N) is 1. The second-order valence-electron chi connectivity index (χ2n) is 1.80. The van der Waals surface area contributed by atoms with Crippen molar-refractivity contribution in [2.24, 2.45) is 5.73 Å². The molecule has 1 aromatic heterocycles. The maximum Gasteiger partial charge on any atom is 0.312 e. The van der Waals surface area contributed by atoms with Crippen molar-refractivity contribution in [3.05, 3.63) is 24.2 Å². The molecule has 0 aromatic carbocycles. The topological polar surface area (TPSA) is 68.3 Å². The summed E-state index contributed by atoms with van der Waals surface area (Å²) in [5, 5.41) is 2.39. The summed E-state index contributed by atoms with van der Waals surface area (Å²) in [5.74, 6) is 0.693. The Balaban J connectivity index is 2.35. The maximum absolute atomic E-state index is 10.2. The Morgan fingerprint density at radius 1 is 1.80 bits per heavy atom. The van der Waals surface area contributed by atoms with Crippen LogP contribution in [-0.4, -0.2) is 6.03 Å². The Bertz CT molecular complexity index is 206. The predicted octanol–water partition coefficient (Wildman–Crippen LogP) is 0.448. The molecule has 0 aliphatic rings. The molecule has 0 atom stereocenters. The van der Waals surface area contributed by atoms with E-state index in [1.54, 1.807) is 12.1 Å². The van der Waals surface area contributed by atoms with Crippen LogP contribution < -0.4 is 11.1 Å². The number of carbonyl (C=O) groups excluding carboxylic acids is 1. The lowest BCUT2D eigenvalue weighted by Crippen LogP contribution is -2.28. The zero-order valence-electron chi connectivity index (χ0n) is 5.33. The fourth-order valence-electron chi connectivity index (χ4n) is 0.587. The van der Waals surface area contributed by atoms with Gasteiger partial charge in [0.15, 0.2) is 0 Å².